The van der Waals surface area contributed by atoms with E-state index < -0.39 is 0 Å². The van der Waals surface area contributed by atoms with Crippen molar-refractivity contribution in [2.45, 2.75) is 0 Å². The number of methoxy groups -OCH3 is 1. The molecule has 1 aromatic heterocycles. The molecule has 2 rings (SSSR count). The van der Waals surface area contributed by atoms with E-state index in [1.54, 1.807) is 19.5 Å². The highest BCUT2D eigenvalue weighted by Crippen LogP contribution is 2.24. The summed E-state index contributed by atoms with van der Waals surface area (Å²) in [7, 11) is 5.42. The van der Waals surface area contributed by atoms with Gasteiger partial charge in [-0.05, 0) is 24.3 Å². The van der Waals surface area contributed by atoms with Gasteiger partial charge in [0.05, 0.1) is 19.5 Å². The topological polar surface area (TPSA) is 50.3 Å². The molecule has 0 atom stereocenters. The summed E-state index contributed by atoms with van der Waals surface area (Å²) in [4.78, 5) is 10.5. The Bertz CT molecular complexity index is 513. The van der Waals surface area contributed by atoms with Crippen LogP contribution in [-0.2, 0) is 0 Å². The number of ether oxygens (including phenoxy) is 1. The number of hydrogen-bond donors (Lipinski definition) is 1. The van der Waals surface area contributed by atoms with Crippen molar-refractivity contribution < 1.29 is 4.74 Å². The van der Waals surface area contributed by atoms with E-state index >= 15 is 0 Å². The Hall–Kier alpha value is -2.30. The lowest BCUT2D eigenvalue weighted by molar-refractivity contribution is 0.415. The van der Waals surface area contributed by atoms with Crippen LogP contribution in [0.25, 0.3) is 0 Å². The van der Waals surface area contributed by atoms with Crippen molar-refractivity contribution in [2.24, 2.45) is 0 Å². The quantitative estimate of drug-likeness (QED) is 0.894. The third kappa shape index (κ3) is 2.51. The Kier molecular flexibility index (Phi) is 3.62. The minimum atomic E-state index is 0.743. The summed E-state index contributed by atoms with van der Waals surface area (Å²) in [6, 6.07) is 7.79. The van der Waals surface area contributed by atoms with Crippen LogP contribution in [0.3, 0.4) is 0 Å². The van der Waals surface area contributed by atoms with Gasteiger partial charge in [-0.25, -0.2) is 4.98 Å². The minimum Gasteiger partial charge on any atom is -0.497 e. The summed E-state index contributed by atoms with van der Waals surface area (Å²) in [5.74, 6) is 2.36. The van der Waals surface area contributed by atoms with Gasteiger partial charge in [-0.1, -0.05) is 0 Å². The van der Waals surface area contributed by atoms with Crippen LogP contribution < -0.4 is 15.0 Å². The zero-order valence-corrected chi connectivity index (χ0v) is 10.7. The molecule has 0 unspecified atom stereocenters. The van der Waals surface area contributed by atoms with Crippen LogP contribution in [0.4, 0.5) is 17.3 Å². The Morgan fingerprint density at radius 3 is 2.50 bits per heavy atom. The predicted octanol–water partition coefficient (Wildman–Crippen LogP) is 2.29. The number of nitrogens with zero attached hydrogens (tertiary/aromatic N) is 3. The molecule has 94 valence electrons. The Balaban J connectivity index is 2.25. The van der Waals surface area contributed by atoms with Crippen LogP contribution in [0.15, 0.2) is 36.7 Å². The molecule has 0 aliphatic heterocycles. The Labute approximate surface area is 106 Å². The molecule has 0 aliphatic rings. The van der Waals surface area contributed by atoms with E-state index in [-0.39, 0.29) is 0 Å². The maximum atomic E-state index is 5.13. The maximum Gasteiger partial charge on any atom is 0.153 e. The van der Waals surface area contributed by atoms with E-state index in [1.165, 1.54) is 0 Å². The summed E-state index contributed by atoms with van der Waals surface area (Å²) in [5.41, 5.74) is 1.03. The largest absolute Gasteiger partial charge is 0.497 e. The highest BCUT2D eigenvalue weighted by atomic mass is 16.5. The summed E-state index contributed by atoms with van der Waals surface area (Å²) in [6.07, 6.45) is 3.41. The number of rotatable bonds is 4. The average Bonchev–Trinajstić information content (AvgIpc) is 2.46. The predicted molar refractivity (Wildman–Crippen MR) is 72.6 cm³/mol. The molecule has 18 heavy (non-hydrogen) atoms. The maximum absolute atomic E-state index is 5.13. The lowest BCUT2D eigenvalue weighted by atomic mass is 10.3. The van der Waals surface area contributed by atoms with Gasteiger partial charge in [0.1, 0.15) is 11.6 Å². The van der Waals surface area contributed by atoms with Crippen LogP contribution in [0.2, 0.25) is 0 Å². The van der Waals surface area contributed by atoms with Crippen LogP contribution in [-0.4, -0.2) is 31.2 Å². The van der Waals surface area contributed by atoms with Gasteiger partial charge in [0.15, 0.2) is 5.82 Å². The van der Waals surface area contributed by atoms with E-state index in [2.05, 4.69) is 15.3 Å². The van der Waals surface area contributed by atoms with E-state index in [4.69, 9.17) is 4.74 Å². The fourth-order valence-corrected chi connectivity index (χ4v) is 1.58. The molecule has 1 N–H and O–H groups in total. The lowest BCUT2D eigenvalue weighted by Crippen LogP contribution is -2.12. The normalized spacial score (nSPS) is 9.94. The number of benzene rings is 1. The molecular weight excluding hydrogens is 228 g/mol. The molecule has 0 spiro atoms. The van der Waals surface area contributed by atoms with Crippen molar-refractivity contribution in [3.8, 4) is 5.75 Å². The first-order chi connectivity index (χ1) is 8.74. The summed E-state index contributed by atoms with van der Waals surface area (Å²) >= 11 is 0. The van der Waals surface area contributed by atoms with Gasteiger partial charge < -0.3 is 15.0 Å². The van der Waals surface area contributed by atoms with Gasteiger partial charge in [-0.3, -0.25) is 4.98 Å². The highest BCUT2D eigenvalue weighted by molar-refractivity contribution is 5.60. The lowest BCUT2D eigenvalue weighted by Gasteiger charge is -2.18. The fraction of sp³-hybridized carbons (Fsp3) is 0.231. The molecule has 1 heterocycles. The summed E-state index contributed by atoms with van der Waals surface area (Å²) in [5, 5.41) is 2.97. The van der Waals surface area contributed by atoms with E-state index in [0.717, 1.165) is 23.1 Å². The van der Waals surface area contributed by atoms with Gasteiger partial charge >= 0.3 is 0 Å². The second-order valence-corrected chi connectivity index (χ2v) is 3.77. The number of nitrogens with one attached hydrogen (secondary N) is 1. The van der Waals surface area contributed by atoms with Gasteiger partial charge in [-0.15, -0.1) is 0 Å². The van der Waals surface area contributed by atoms with Crippen molar-refractivity contribution in [3.63, 3.8) is 0 Å². The van der Waals surface area contributed by atoms with Crippen molar-refractivity contribution >= 4 is 17.3 Å². The molecule has 0 amide bonds. The van der Waals surface area contributed by atoms with Crippen molar-refractivity contribution in [2.75, 3.05) is 31.4 Å². The van der Waals surface area contributed by atoms with Gasteiger partial charge in [0, 0.05) is 19.8 Å². The monoisotopic (exact) mass is 244 g/mol. The zero-order chi connectivity index (χ0) is 13.0. The van der Waals surface area contributed by atoms with Gasteiger partial charge in [-0.2, -0.15) is 0 Å². The number of anilines is 3. The number of aromatic nitrogens is 2. The molecule has 2 aromatic rings. The number of hydrogen-bond acceptors (Lipinski definition) is 5. The van der Waals surface area contributed by atoms with Crippen LogP contribution in [0.5, 0.6) is 5.75 Å². The third-order valence-electron chi connectivity index (χ3n) is 2.68. The SMILES string of the molecule is CNc1cncc(N(C)c2ccc(OC)cc2)n1. The molecule has 0 saturated heterocycles. The second-order valence-electron chi connectivity index (χ2n) is 3.77. The summed E-state index contributed by atoms with van der Waals surface area (Å²) < 4.78 is 5.13. The molecule has 5 heteroatoms. The molecule has 0 radical (unpaired) electrons. The van der Waals surface area contributed by atoms with E-state index in [9.17, 15) is 0 Å². The van der Waals surface area contributed by atoms with E-state index in [1.807, 2.05) is 43.3 Å². The molecular formula is C13H16N4O. The molecule has 0 saturated carbocycles. The smallest absolute Gasteiger partial charge is 0.153 e. The average molecular weight is 244 g/mol. The summed E-state index contributed by atoms with van der Waals surface area (Å²) in [6.45, 7) is 0. The standard InChI is InChI=1S/C13H16N4O/c1-14-12-8-15-9-13(16-12)17(2)10-4-6-11(18-3)7-5-10/h4-9H,1-3H3,(H,14,16). The minimum absolute atomic E-state index is 0.743. The second kappa shape index (κ2) is 5.35. The molecule has 1 aromatic carbocycles. The van der Waals surface area contributed by atoms with Gasteiger partial charge in [0.2, 0.25) is 0 Å². The van der Waals surface area contributed by atoms with E-state index in [0.29, 0.717) is 0 Å². The molecule has 0 bridgehead atoms. The molecule has 0 fully saturated rings. The molecule has 5 nitrogen and oxygen atoms in total. The van der Waals surface area contributed by atoms with Gasteiger partial charge in [0.25, 0.3) is 0 Å². The molecule has 0 aliphatic carbocycles. The first kappa shape index (κ1) is 12.2. The van der Waals surface area contributed by atoms with Crippen LogP contribution in [0.1, 0.15) is 0 Å². The highest BCUT2D eigenvalue weighted by Gasteiger charge is 2.06. The Morgan fingerprint density at radius 2 is 1.89 bits per heavy atom. The van der Waals surface area contributed by atoms with Crippen LogP contribution >= 0.6 is 0 Å². The van der Waals surface area contributed by atoms with Crippen molar-refractivity contribution in [1.82, 2.24) is 9.97 Å². The third-order valence-corrected chi connectivity index (χ3v) is 2.68. The zero-order valence-electron chi connectivity index (χ0n) is 10.7. The van der Waals surface area contributed by atoms with Crippen molar-refractivity contribution in [1.29, 1.82) is 0 Å². The van der Waals surface area contributed by atoms with Crippen LogP contribution in [0, 0.1) is 0 Å². The first-order valence-electron chi connectivity index (χ1n) is 5.62. The van der Waals surface area contributed by atoms with Crippen molar-refractivity contribution in [3.05, 3.63) is 36.7 Å². The Morgan fingerprint density at radius 1 is 1.17 bits per heavy atom. The fourth-order valence-electron chi connectivity index (χ4n) is 1.58. The first-order valence-corrected chi connectivity index (χ1v) is 5.62.